The summed E-state index contributed by atoms with van der Waals surface area (Å²) in [4.78, 5) is 1.49. The van der Waals surface area contributed by atoms with Crippen molar-refractivity contribution in [1.82, 2.24) is 0 Å². The van der Waals surface area contributed by atoms with E-state index >= 15 is 0 Å². The molecule has 1 atom stereocenters. The lowest BCUT2D eigenvalue weighted by Crippen LogP contribution is -2.24. The minimum atomic E-state index is 0.417. The molecule has 0 bridgehead atoms. The molecule has 1 aliphatic rings. The molecule has 2 N–H and O–H groups in total. The average molecular weight is 251 g/mol. The highest BCUT2D eigenvalue weighted by atomic mass is 32.1. The molecule has 0 aromatic carbocycles. The Hall–Kier alpha value is -0.340. The van der Waals surface area contributed by atoms with Crippen LogP contribution >= 0.6 is 11.3 Å². The molecule has 0 radical (unpaired) electrons. The van der Waals surface area contributed by atoms with E-state index in [1.54, 1.807) is 0 Å². The molecule has 1 aromatic rings. The second-order valence-electron chi connectivity index (χ2n) is 5.47. The first-order valence-electron chi connectivity index (χ1n) is 7.12. The second-order valence-corrected chi connectivity index (χ2v) is 6.50. The van der Waals surface area contributed by atoms with Gasteiger partial charge in [0.25, 0.3) is 0 Å². The van der Waals surface area contributed by atoms with Crippen LogP contribution in [0, 0.1) is 5.92 Å². The first-order chi connectivity index (χ1) is 8.34. The fraction of sp³-hybridized carbons (Fsp3) is 0.733. The van der Waals surface area contributed by atoms with Gasteiger partial charge in [-0.05, 0) is 36.6 Å². The highest BCUT2D eigenvalue weighted by molar-refractivity contribution is 7.09. The van der Waals surface area contributed by atoms with Gasteiger partial charge in [-0.2, -0.15) is 0 Å². The van der Waals surface area contributed by atoms with Crippen LogP contribution < -0.4 is 5.73 Å². The molecule has 96 valence electrons. The van der Waals surface area contributed by atoms with Gasteiger partial charge in [-0.3, -0.25) is 0 Å². The Labute approximate surface area is 109 Å². The molecule has 1 heterocycles. The lowest BCUT2D eigenvalue weighted by Gasteiger charge is -2.19. The first kappa shape index (κ1) is 13.1. The van der Waals surface area contributed by atoms with Crippen molar-refractivity contribution in [2.75, 3.05) is 0 Å². The SMILES string of the molecule is NC(CCc1cccs1)CC1CCCCCC1. The minimum absolute atomic E-state index is 0.417. The summed E-state index contributed by atoms with van der Waals surface area (Å²) in [6, 6.07) is 4.78. The van der Waals surface area contributed by atoms with Gasteiger partial charge in [0.1, 0.15) is 0 Å². The lowest BCUT2D eigenvalue weighted by atomic mass is 9.91. The summed E-state index contributed by atoms with van der Waals surface area (Å²) in [5.74, 6) is 0.913. The fourth-order valence-corrected chi connectivity index (χ4v) is 3.65. The predicted molar refractivity (Wildman–Crippen MR) is 76.4 cm³/mol. The van der Waals surface area contributed by atoms with E-state index in [9.17, 15) is 0 Å². The molecule has 1 saturated carbocycles. The van der Waals surface area contributed by atoms with Gasteiger partial charge in [0.2, 0.25) is 0 Å². The normalized spacial score (nSPS) is 20.1. The van der Waals surface area contributed by atoms with Crippen LogP contribution in [0.3, 0.4) is 0 Å². The van der Waals surface area contributed by atoms with E-state index in [2.05, 4.69) is 17.5 Å². The molecular formula is C15H25NS. The van der Waals surface area contributed by atoms with E-state index in [1.165, 1.54) is 56.2 Å². The molecule has 0 spiro atoms. The van der Waals surface area contributed by atoms with Crippen molar-refractivity contribution in [2.45, 2.75) is 63.8 Å². The number of hydrogen-bond donors (Lipinski definition) is 1. The van der Waals surface area contributed by atoms with Gasteiger partial charge in [-0.1, -0.05) is 44.6 Å². The quantitative estimate of drug-likeness (QED) is 0.773. The monoisotopic (exact) mass is 251 g/mol. The molecule has 2 heteroatoms. The third-order valence-electron chi connectivity index (χ3n) is 3.95. The first-order valence-corrected chi connectivity index (χ1v) is 8.00. The summed E-state index contributed by atoms with van der Waals surface area (Å²) in [5, 5.41) is 2.16. The molecule has 1 aliphatic carbocycles. The molecular weight excluding hydrogens is 226 g/mol. The molecule has 0 amide bonds. The fourth-order valence-electron chi connectivity index (χ4n) is 2.93. The van der Waals surface area contributed by atoms with Gasteiger partial charge in [0.15, 0.2) is 0 Å². The maximum atomic E-state index is 6.28. The topological polar surface area (TPSA) is 26.0 Å². The van der Waals surface area contributed by atoms with E-state index in [0.29, 0.717) is 6.04 Å². The van der Waals surface area contributed by atoms with Crippen LogP contribution in [0.15, 0.2) is 17.5 Å². The Morgan fingerprint density at radius 1 is 1.24 bits per heavy atom. The van der Waals surface area contributed by atoms with E-state index in [0.717, 1.165) is 12.3 Å². The zero-order valence-electron chi connectivity index (χ0n) is 10.7. The van der Waals surface area contributed by atoms with Gasteiger partial charge in [0, 0.05) is 10.9 Å². The predicted octanol–water partition coefficient (Wildman–Crippen LogP) is 4.37. The van der Waals surface area contributed by atoms with Gasteiger partial charge >= 0.3 is 0 Å². The van der Waals surface area contributed by atoms with Crippen molar-refractivity contribution >= 4 is 11.3 Å². The number of hydrogen-bond acceptors (Lipinski definition) is 2. The zero-order valence-corrected chi connectivity index (χ0v) is 11.6. The maximum absolute atomic E-state index is 6.28. The lowest BCUT2D eigenvalue weighted by molar-refractivity contribution is 0.379. The molecule has 1 unspecified atom stereocenters. The molecule has 2 rings (SSSR count). The third kappa shape index (κ3) is 4.81. The maximum Gasteiger partial charge on any atom is 0.00458 e. The Kier molecular flexibility index (Phi) is 5.53. The molecule has 1 fully saturated rings. The minimum Gasteiger partial charge on any atom is -0.328 e. The van der Waals surface area contributed by atoms with Crippen LogP contribution in [-0.2, 0) is 6.42 Å². The van der Waals surface area contributed by atoms with E-state index in [4.69, 9.17) is 5.73 Å². The second kappa shape index (κ2) is 7.17. The number of aryl methyl sites for hydroxylation is 1. The summed E-state index contributed by atoms with van der Waals surface area (Å²) in [6.07, 6.45) is 12.2. The average Bonchev–Trinajstić information content (AvgIpc) is 2.72. The van der Waals surface area contributed by atoms with Gasteiger partial charge in [-0.15, -0.1) is 11.3 Å². The van der Waals surface area contributed by atoms with Crippen molar-refractivity contribution in [3.05, 3.63) is 22.4 Å². The highest BCUT2D eigenvalue weighted by Crippen LogP contribution is 2.27. The van der Waals surface area contributed by atoms with Gasteiger partial charge in [-0.25, -0.2) is 0 Å². The van der Waals surface area contributed by atoms with Crippen molar-refractivity contribution in [2.24, 2.45) is 11.7 Å². The summed E-state index contributed by atoms with van der Waals surface area (Å²) in [5.41, 5.74) is 6.28. The van der Waals surface area contributed by atoms with E-state index < -0.39 is 0 Å². The number of rotatable bonds is 5. The number of thiophene rings is 1. The van der Waals surface area contributed by atoms with E-state index in [1.807, 2.05) is 11.3 Å². The van der Waals surface area contributed by atoms with Crippen molar-refractivity contribution in [3.63, 3.8) is 0 Å². The summed E-state index contributed by atoms with van der Waals surface area (Å²) in [6.45, 7) is 0. The van der Waals surface area contributed by atoms with Crippen molar-refractivity contribution in [3.8, 4) is 0 Å². The molecule has 1 nitrogen and oxygen atoms in total. The Bertz CT molecular complexity index is 286. The Morgan fingerprint density at radius 2 is 2.00 bits per heavy atom. The standard InChI is InChI=1S/C15H25NS/c16-14(9-10-15-8-5-11-17-15)12-13-6-3-1-2-4-7-13/h5,8,11,13-14H,1-4,6-7,9-10,12,16H2. The van der Waals surface area contributed by atoms with Crippen LogP contribution in [-0.4, -0.2) is 6.04 Å². The largest absolute Gasteiger partial charge is 0.328 e. The van der Waals surface area contributed by atoms with E-state index in [-0.39, 0.29) is 0 Å². The number of nitrogens with two attached hydrogens (primary N) is 1. The van der Waals surface area contributed by atoms with Crippen molar-refractivity contribution < 1.29 is 0 Å². The highest BCUT2D eigenvalue weighted by Gasteiger charge is 2.15. The summed E-state index contributed by atoms with van der Waals surface area (Å²) >= 11 is 1.86. The van der Waals surface area contributed by atoms with Crippen LogP contribution in [0.25, 0.3) is 0 Å². The Morgan fingerprint density at radius 3 is 2.65 bits per heavy atom. The van der Waals surface area contributed by atoms with Gasteiger partial charge in [0.05, 0.1) is 0 Å². The third-order valence-corrected chi connectivity index (χ3v) is 4.89. The summed E-state index contributed by atoms with van der Waals surface area (Å²) in [7, 11) is 0. The van der Waals surface area contributed by atoms with Gasteiger partial charge < -0.3 is 5.73 Å². The Balaban J connectivity index is 1.67. The molecule has 17 heavy (non-hydrogen) atoms. The zero-order chi connectivity index (χ0) is 11.9. The van der Waals surface area contributed by atoms with Crippen LogP contribution in [0.4, 0.5) is 0 Å². The molecule has 0 aliphatic heterocycles. The van der Waals surface area contributed by atoms with Crippen molar-refractivity contribution in [1.29, 1.82) is 0 Å². The molecule has 0 saturated heterocycles. The van der Waals surface area contributed by atoms with Crippen LogP contribution in [0.5, 0.6) is 0 Å². The van der Waals surface area contributed by atoms with Crippen LogP contribution in [0.1, 0.15) is 56.2 Å². The summed E-state index contributed by atoms with van der Waals surface area (Å²) < 4.78 is 0. The van der Waals surface area contributed by atoms with Crippen LogP contribution in [0.2, 0.25) is 0 Å². The smallest absolute Gasteiger partial charge is 0.00458 e. The molecule has 1 aromatic heterocycles.